The molecule has 0 amide bonds. The zero-order valence-electron chi connectivity index (χ0n) is 21.5. The molecule has 4 rings (SSSR count). The van der Waals surface area contributed by atoms with Crippen LogP contribution in [0.5, 0.6) is 11.5 Å². The van der Waals surface area contributed by atoms with Crippen molar-refractivity contribution in [2.45, 2.75) is 27.7 Å². The van der Waals surface area contributed by atoms with Crippen LogP contribution in [0.4, 0.5) is 0 Å². The summed E-state index contributed by atoms with van der Waals surface area (Å²) in [6.45, 7) is 9.10. The minimum atomic E-state index is -2.58. The van der Waals surface area contributed by atoms with Gasteiger partial charge in [0.2, 0.25) is 0 Å². The van der Waals surface area contributed by atoms with Crippen molar-refractivity contribution in [2.24, 2.45) is 0 Å². The van der Waals surface area contributed by atoms with Crippen molar-refractivity contribution in [1.82, 2.24) is 0 Å². The number of ether oxygens (including phenoxy) is 2. The summed E-state index contributed by atoms with van der Waals surface area (Å²) >= 11 is 0. The van der Waals surface area contributed by atoms with E-state index in [1.54, 1.807) is 14.2 Å². The van der Waals surface area contributed by atoms with Crippen LogP contribution in [0.3, 0.4) is 0 Å². The van der Waals surface area contributed by atoms with Gasteiger partial charge < -0.3 is 46.7 Å². The second-order valence-corrected chi connectivity index (χ2v) is 12.2. The summed E-state index contributed by atoms with van der Waals surface area (Å²) in [4.78, 5) is 0. The van der Waals surface area contributed by atoms with E-state index in [0.717, 1.165) is 11.5 Å². The smallest absolute Gasteiger partial charge is 1.00 e. The maximum absolute atomic E-state index is 5.50. The Kier molecular flexibility index (Phi) is 13.7. The topological polar surface area (TPSA) is 18.5 Å². The standard InChI is InChI=1S/C29H31O2Si.3ClH.Ti/c1-20-21(2)23(4)29(22(20)3)32(26-10-8-7-9-11-26,27-16-12-24(30-5)13-17-27)28-18-14-25(31-6)15-19-28;;;;/h7-19H,1-6H3;3*1H;/q-1;;;;+4/p-3. The van der Waals surface area contributed by atoms with Gasteiger partial charge in [0, 0.05) is 0 Å². The predicted octanol–water partition coefficient (Wildman–Crippen LogP) is -4.96. The number of rotatable bonds is 6. The van der Waals surface area contributed by atoms with Gasteiger partial charge in [0.05, 0.1) is 14.2 Å². The molecule has 0 spiro atoms. The van der Waals surface area contributed by atoms with Gasteiger partial charge in [-0.05, 0) is 24.3 Å². The van der Waals surface area contributed by atoms with Gasteiger partial charge in [-0.2, -0.15) is 22.3 Å². The number of methoxy groups -OCH3 is 2. The molecular formula is C29H31Cl3O2SiTi. The Morgan fingerprint density at radius 3 is 1.19 bits per heavy atom. The fraction of sp³-hybridized carbons (Fsp3) is 0.207. The molecule has 0 saturated heterocycles. The molecule has 0 aliphatic heterocycles. The van der Waals surface area contributed by atoms with Gasteiger partial charge in [0.25, 0.3) is 0 Å². The summed E-state index contributed by atoms with van der Waals surface area (Å²) in [5.74, 6) is 1.76. The van der Waals surface area contributed by atoms with E-state index >= 15 is 0 Å². The average molecular weight is 594 g/mol. The Labute approximate surface area is 250 Å². The quantitative estimate of drug-likeness (QED) is 0.127. The zero-order valence-corrected chi connectivity index (χ0v) is 26.3. The number of hydrogen-bond donors (Lipinski definition) is 0. The molecule has 0 atom stereocenters. The summed E-state index contributed by atoms with van der Waals surface area (Å²) in [5.41, 5.74) is 5.60. The average Bonchev–Trinajstić information content (AvgIpc) is 3.04. The SMILES string of the molecule is COc1ccc([Si](c2ccccc2)(c2ccc(OC)cc2)[c-]2c(C)c(C)c(C)c2C)cc1.[Cl-].[Cl-].[Cl-].[Ti+4]. The fourth-order valence-electron chi connectivity index (χ4n) is 5.08. The van der Waals surface area contributed by atoms with Gasteiger partial charge in [0.1, 0.15) is 19.6 Å². The van der Waals surface area contributed by atoms with Gasteiger partial charge in [-0.15, -0.1) is 5.19 Å². The molecule has 36 heavy (non-hydrogen) atoms. The Bertz CT molecular complexity index is 1150. The van der Waals surface area contributed by atoms with Crippen molar-refractivity contribution in [2.75, 3.05) is 14.2 Å². The third-order valence-corrected chi connectivity index (χ3v) is 12.2. The van der Waals surface area contributed by atoms with E-state index < -0.39 is 8.07 Å². The van der Waals surface area contributed by atoms with E-state index in [1.807, 2.05) is 0 Å². The van der Waals surface area contributed by atoms with Crippen LogP contribution in [-0.2, 0) is 21.7 Å². The van der Waals surface area contributed by atoms with Crippen LogP contribution in [0.2, 0.25) is 0 Å². The van der Waals surface area contributed by atoms with Gasteiger partial charge >= 0.3 is 21.7 Å². The summed E-state index contributed by atoms with van der Waals surface area (Å²) in [5, 5.41) is 5.58. The van der Waals surface area contributed by atoms with E-state index in [0.29, 0.717) is 0 Å². The first-order chi connectivity index (χ1) is 15.4. The molecule has 4 aromatic carbocycles. The number of hydrogen-bond acceptors (Lipinski definition) is 2. The van der Waals surface area contributed by atoms with Crippen molar-refractivity contribution in [1.29, 1.82) is 0 Å². The summed E-state index contributed by atoms with van der Waals surface area (Å²) in [7, 11) is 0.860. The van der Waals surface area contributed by atoms with E-state index in [9.17, 15) is 0 Å². The third kappa shape index (κ3) is 5.78. The Balaban J connectivity index is 0.00000306. The molecular weight excluding hydrogens is 563 g/mol. The fourth-order valence-corrected chi connectivity index (χ4v) is 10.5. The van der Waals surface area contributed by atoms with E-state index in [2.05, 4.69) is 107 Å². The van der Waals surface area contributed by atoms with E-state index in [4.69, 9.17) is 9.47 Å². The Morgan fingerprint density at radius 2 is 0.861 bits per heavy atom. The normalized spacial score (nSPS) is 10.2. The van der Waals surface area contributed by atoms with Gasteiger partial charge in [-0.3, -0.25) is 0 Å². The van der Waals surface area contributed by atoms with Crippen molar-refractivity contribution < 1.29 is 68.4 Å². The summed E-state index contributed by atoms with van der Waals surface area (Å²) in [6, 6.07) is 28.5. The minimum Gasteiger partial charge on any atom is -1.00 e. The van der Waals surface area contributed by atoms with Crippen molar-refractivity contribution in [3.63, 3.8) is 0 Å². The minimum absolute atomic E-state index is 0. The maximum atomic E-state index is 5.50. The summed E-state index contributed by atoms with van der Waals surface area (Å²) < 4.78 is 11.0. The van der Waals surface area contributed by atoms with Crippen molar-refractivity contribution in [3.8, 4) is 11.5 Å². The molecule has 0 bridgehead atoms. The molecule has 0 N–H and O–H groups in total. The second-order valence-electron chi connectivity index (χ2n) is 8.45. The first-order valence-electron chi connectivity index (χ1n) is 11.0. The molecule has 7 heteroatoms. The van der Waals surface area contributed by atoms with Crippen LogP contribution in [0.1, 0.15) is 22.3 Å². The molecule has 2 nitrogen and oxygen atoms in total. The number of halogens is 3. The van der Waals surface area contributed by atoms with E-state index in [-0.39, 0.29) is 58.9 Å². The molecule has 188 valence electrons. The molecule has 0 saturated carbocycles. The van der Waals surface area contributed by atoms with Crippen molar-refractivity contribution in [3.05, 3.63) is 101 Å². The van der Waals surface area contributed by atoms with E-state index in [1.165, 1.54) is 43.0 Å². The molecule has 0 unspecified atom stereocenters. The molecule has 0 aliphatic rings. The maximum Gasteiger partial charge on any atom is 4.00 e. The van der Waals surface area contributed by atoms with Crippen LogP contribution in [-0.4, -0.2) is 22.3 Å². The van der Waals surface area contributed by atoms with Gasteiger partial charge in [-0.25, -0.2) is 0 Å². The largest absolute Gasteiger partial charge is 4.00 e. The van der Waals surface area contributed by atoms with Crippen LogP contribution >= 0.6 is 0 Å². The summed E-state index contributed by atoms with van der Waals surface area (Å²) in [6.07, 6.45) is 0. The van der Waals surface area contributed by atoms with Gasteiger partial charge in [0.15, 0.2) is 0 Å². The second kappa shape index (κ2) is 14.4. The molecule has 0 aliphatic carbocycles. The molecule has 4 aromatic rings. The van der Waals surface area contributed by atoms with Crippen molar-refractivity contribution >= 4 is 28.8 Å². The molecule has 0 heterocycles. The molecule has 0 radical (unpaired) electrons. The zero-order chi connectivity index (χ0) is 22.9. The first kappa shape index (κ1) is 34.4. The Morgan fingerprint density at radius 1 is 0.528 bits per heavy atom. The van der Waals surface area contributed by atoms with Crippen LogP contribution in [0.15, 0.2) is 78.9 Å². The molecule has 0 aromatic heterocycles. The first-order valence-corrected chi connectivity index (χ1v) is 13.0. The van der Waals surface area contributed by atoms with Gasteiger partial charge in [-0.1, -0.05) is 97.9 Å². The monoisotopic (exact) mass is 592 g/mol. The third-order valence-electron chi connectivity index (χ3n) is 7.07. The van der Waals surface area contributed by atoms with Crippen LogP contribution < -0.4 is 67.4 Å². The van der Waals surface area contributed by atoms with Crippen LogP contribution in [0, 0.1) is 27.7 Å². The predicted molar refractivity (Wildman–Crippen MR) is 138 cm³/mol. The Hall–Kier alpha value is -1.59. The number of benzene rings is 3. The van der Waals surface area contributed by atoms with Crippen LogP contribution in [0.25, 0.3) is 0 Å². The molecule has 0 fully saturated rings.